The molecule has 0 spiro atoms. The fraction of sp³-hybridized carbons (Fsp3) is 0.812. The Balaban J connectivity index is 1.61. The van der Waals surface area contributed by atoms with Crippen LogP contribution in [0.3, 0.4) is 0 Å². The van der Waals surface area contributed by atoms with Gasteiger partial charge in [0.25, 0.3) is 0 Å². The van der Waals surface area contributed by atoms with E-state index in [-0.39, 0.29) is 0 Å². The smallest absolute Gasteiger partial charge is 0.150 e. The average Bonchev–Trinajstić information content (AvgIpc) is 2.97. The summed E-state index contributed by atoms with van der Waals surface area (Å²) in [4.78, 5) is 2.47. The Labute approximate surface area is 121 Å². The Morgan fingerprint density at radius 1 is 1.30 bits per heavy atom. The van der Waals surface area contributed by atoms with Crippen LogP contribution in [0, 0.1) is 0 Å². The first-order valence-electron chi connectivity index (χ1n) is 8.14. The molecule has 0 N–H and O–H groups in total. The van der Waals surface area contributed by atoms with E-state index in [2.05, 4.69) is 23.0 Å². The van der Waals surface area contributed by atoms with Crippen LogP contribution in [-0.2, 0) is 11.3 Å². The van der Waals surface area contributed by atoms with E-state index in [0.29, 0.717) is 12.0 Å². The quantitative estimate of drug-likeness (QED) is 0.846. The lowest BCUT2D eigenvalue weighted by atomic mass is 9.87. The summed E-state index contributed by atoms with van der Waals surface area (Å²) >= 11 is 0. The molecule has 0 aromatic carbocycles. The molecule has 112 valence electrons. The molecule has 2 aliphatic rings. The van der Waals surface area contributed by atoms with E-state index in [1.807, 2.05) is 0 Å². The molecule has 20 heavy (non-hydrogen) atoms. The zero-order valence-corrected chi connectivity index (χ0v) is 12.5. The molecule has 1 saturated carbocycles. The molecule has 0 unspecified atom stereocenters. The number of morpholine rings is 1. The van der Waals surface area contributed by atoms with Crippen LogP contribution in [0.1, 0.15) is 62.8 Å². The second-order valence-electron chi connectivity index (χ2n) is 6.16. The summed E-state index contributed by atoms with van der Waals surface area (Å²) in [6.07, 6.45) is 7.75. The van der Waals surface area contributed by atoms with Crippen LogP contribution in [0.15, 0.2) is 10.6 Å². The van der Waals surface area contributed by atoms with E-state index in [0.717, 1.165) is 38.5 Å². The molecule has 1 aromatic rings. The molecule has 0 bridgehead atoms. The van der Waals surface area contributed by atoms with Gasteiger partial charge in [-0.25, -0.2) is 0 Å². The highest BCUT2D eigenvalue weighted by atomic mass is 16.5. The Hall–Kier alpha value is -0.870. The van der Waals surface area contributed by atoms with Gasteiger partial charge < -0.3 is 9.26 Å². The summed E-state index contributed by atoms with van der Waals surface area (Å²) < 4.78 is 11.1. The Morgan fingerprint density at radius 2 is 2.15 bits per heavy atom. The minimum atomic E-state index is 0.520. The van der Waals surface area contributed by atoms with Crippen molar-refractivity contribution in [1.82, 2.24) is 10.1 Å². The van der Waals surface area contributed by atoms with Gasteiger partial charge in [0.1, 0.15) is 0 Å². The topological polar surface area (TPSA) is 38.5 Å². The zero-order chi connectivity index (χ0) is 13.8. The Morgan fingerprint density at radius 3 is 2.95 bits per heavy atom. The number of hydrogen-bond acceptors (Lipinski definition) is 4. The number of aromatic nitrogens is 1. The normalized spacial score (nSPS) is 25.9. The second kappa shape index (κ2) is 6.72. The van der Waals surface area contributed by atoms with Crippen molar-refractivity contribution in [2.45, 2.75) is 64.0 Å². The van der Waals surface area contributed by atoms with E-state index in [9.17, 15) is 0 Å². The minimum Gasteiger partial charge on any atom is -0.378 e. The molecule has 1 aliphatic heterocycles. The molecule has 0 radical (unpaired) electrons. The van der Waals surface area contributed by atoms with Crippen molar-refractivity contribution < 1.29 is 9.26 Å². The Bertz CT molecular complexity index is 412. The third-order valence-electron chi connectivity index (χ3n) is 4.78. The predicted octanol–water partition coefficient (Wildman–Crippen LogP) is 3.33. The monoisotopic (exact) mass is 278 g/mol. The minimum absolute atomic E-state index is 0.520. The second-order valence-corrected chi connectivity index (χ2v) is 6.16. The summed E-state index contributed by atoms with van der Waals surface area (Å²) in [5.74, 6) is 1.65. The van der Waals surface area contributed by atoms with Crippen LogP contribution >= 0.6 is 0 Å². The fourth-order valence-corrected chi connectivity index (χ4v) is 3.47. The van der Waals surface area contributed by atoms with Crippen molar-refractivity contribution >= 4 is 0 Å². The zero-order valence-electron chi connectivity index (χ0n) is 12.5. The lowest BCUT2D eigenvalue weighted by Gasteiger charge is -2.34. The van der Waals surface area contributed by atoms with Gasteiger partial charge in [-0.1, -0.05) is 31.3 Å². The van der Waals surface area contributed by atoms with Gasteiger partial charge in [-0.15, -0.1) is 0 Å². The summed E-state index contributed by atoms with van der Waals surface area (Å²) in [6.45, 7) is 5.78. The molecular weight excluding hydrogens is 252 g/mol. The number of ether oxygens (including phenoxy) is 1. The fourth-order valence-electron chi connectivity index (χ4n) is 3.47. The highest BCUT2D eigenvalue weighted by Crippen LogP contribution is 2.32. The standard InChI is InChI=1S/C16H26N2O2/c1-2-14-12-19-9-8-18(14)11-15-10-16(17-20-15)13-6-4-3-5-7-13/h10,13-14H,2-9,11-12H2,1H3/t14-/m0/s1. The highest BCUT2D eigenvalue weighted by Gasteiger charge is 2.24. The first kappa shape index (κ1) is 14.1. The summed E-state index contributed by atoms with van der Waals surface area (Å²) in [5.41, 5.74) is 1.18. The molecule has 0 amide bonds. The van der Waals surface area contributed by atoms with Gasteiger partial charge >= 0.3 is 0 Å². The van der Waals surface area contributed by atoms with E-state index in [1.54, 1.807) is 0 Å². The maximum absolute atomic E-state index is 5.58. The molecule has 1 aliphatic carbocycles. The molecule has 4 nitrogen and oxygen atoms in total. The first-order chi connectivity index (χ1) is 9.86. The van der Waals surface area contributed by atoms with E-state index >= 15 is 0 Å². The van der Waals surface area contributed by atoms with Gasteiger partial charge in [-0.2, -0.15) is 0 Å². The predicted molar refractivity (Wildman–Crippen MR) is 77.6 cm³/mol. The van der Waals surface area contributed by atoms with Crippen molar-refractivity contribution in [2.24, 2.45) is 0 Å². The van der Waals surface area contributed by atoms with Crippen molar-refractivity contribution in [2.75, 3.05) is 19.8 Å². The van der Waals surface area contributed by atoms with Gasteiger partial charge in [0.2, 0.25) is 0 Å². The van der Waals surface area contributed by atoms with Gasteiger partial charge in [-0.05, 0) is 19.3 Å². The number of hydrogen-bond donors (Lipinski definition) is 0. The molecule has 2 heterocycles. The lowest BCUT2D eigenvalue weighted by Crippen LogP contribution is -2.44. The van der Waals surface area contributed by atoms with Crippen LogP contribution in [0.5, 0.6) is 0 Å². The summed E-state index contributed by atoms with van der Waals surface area (Å²) in [5, 5.41) is 4.32. The van der Waals surface area contributed by atoms with E-state index in [1.165, 1.54) is 37.8 Å². The summed E-state index contributed by atoms with van der Waals surface area (Å²) in [7, 11) is 0. The van der Waals surface area contributed by atoms with Crippen molar-refractivity contribution in [3.05, 3.63) is 17.5 Å². The molecule has 2 fully saturated rings. The maximum Gasteiger partial charge on any atom is 0.150 e. The SMILES string of the molecule is CC[C@H]1COCCN1Cc1cc(C2CCCCC2)no1. The molecule has 1 saturated heterocycles. The maximum atomic E-state index is 5.58. The van der Waals surface area contributed by atoms with E-state index in [4.69, 9.17) is 9.26 Å². The van der Waals surface area contributed by atoms with Gasteiger partial charge in [0.15, 0.2) is 5.76 Å². The number of rotatable bonds is 4. The average molecular weight is 278 g/mol. The third-order valence-corrected chi connectivity index (χ3v) is 4.78. The number of nitrogens with zero attached hydrogens (tertiary/aromatic N) is 2. The van der Waals surface area contributed by atoms with Gasteiger partial charge in [0, 0.05) is 24.6 Å². The summed E-state index contributed by atoms with van der Waals surface area (Å²) in [6, 6.07) is 2.71. The van der Waals surface area contributed by atoms with Crippen LogP contribution in [0.4, 0.5) is 0 Å². The largest absolute Gasteiger partial charge is 0.378 e. The molecule has 1 atom stereocenters. The van der Waals surface area contributed by atoms with Crippen LogP contribution < -0.4 is 0 Å². The first-order valence-corrected chi connectivity index (χ1v) is 8.14. The van der Waals surface area contributed by atoms with Crippen molar-refractivity contribution in [1.29, 1.82) is 0 Å². The molecule has 3 rings (SSSR count). The van der Waals surface area contributed by atoms with Crippen molar-refractivity contribution in [3.8, 4) is 0 Å². The van der Waals surface area contributed by atoms with Crippen molar-refractivity contribution in [3.63, 3.8) is 0 Å². The molecule has 1 aromatic heterocycles. The molecular formula is C16H26N2O2. The highest BCUT2D eigenvalue weighted by molar-refractivity contribution is 5.11. The van der Waals surface area contributed by atoms with Crippen LogP contribution in [0.25, 0.3) is 0 Å². The molecule has 4 heteroatoms. The lowest BCUT2D eigenvalue weighted by molar-refractivity contribution is -0.0160. The Kier molecular flexibility index (Phi) is 4.73. The third kappa shape index (κ3) is 3.23. The van der Waals surface area contributed by atoms with Crippen LogP contribution in [0.2, 0.25) is 0 Å². The van der Waals surface area contributed by atoms with Gasteiger partial charge in [0.05, 0.1) is 25.5 Å². The van der Waals surface area contributed by atoms with E-state index < -0.39 is 0 Å². The van der Waals surface area contributed by atoms with Gasteiger partial charge in [-0.3, -0.25) is 4.90 Å². The van der Waals surface area contributed by atoms with Crippen LogP contribution in [-0.4, -0.2) is 35.9 Å².